The van der Waals surface area contributed by atoms with Crippen LogP contribution in [0.3, 0.4) is 0 Å². The van der Waals surface area contributed by atoms with Crippen molar-refractivity contribution in [1.82, 2.24) is 0 Å². The van der Waals surface area contributed by atoms with Gasteiger partial charge < -0.3 is 9.80 Å². The Morgan fingerprint density at radius 2 is 1.07 bits per heavy atom. The standard InChI is InChI=1S/C38H45BN2/c1-34(2,3)24-22-29-31-30(23-24)41-33-26(36(5)19-9-11-21-38(36,41)7)15-13-17-28(33)39(31)27-16-12-14-25-32(27)40(29)37(6)20-10-8-18-35(25,37)4/h12-17,22-23H,8-11,18-21H2,1-7H3. The van der Waals surface area contributed by atoms with Crippen molar-refractivity contribution in [3.8, 4) is 0 Å². The molecule has 2 saturated carbocycles. The van der Waals surface area contributed by atoms with Crippen LogP contribution in [-0.2, 0) is 16.2 Å². The first-order valence-corrected chi connectivity index (χ1v) is 16.5. The molecule has 6 aliphatic rings. The molecule has 2 aliphatic carbocycles. The summed E-state index contributed by atoms with van der Waals surface area (Å²) in [7, 11) is 0. The summed E-state index contributed by atoms with van der Waals surface area (Å²) in [5.74, 6) is 0. The Bertz CT molecular complexity index is 1570. The number of fused-ring (bicyclic) bond motifs is 10. The average Bonchev–Trinajstić information content (AvgIpc) is 3.29. The second kappa shape index (κ2) is 7.27. The minimum Gasteiger partial charge on any atom is -0.335 e. The summed E-state index contributed by atoms with van der Waals surface area (Å²) in [5.41, 5.74) is 16.1. The summed E-state index contributed by atoms with van der Waals surface area (Å²) < 4.78 is 0. The smallest absolute Gasteiger partial charge is 0.252 e. The number of nitrogens with zero attached hydrogens (tertiary/aromatic N) is 2. The lowest BCUT2D eigenvalue weighted by molar-refractivity contribution is 0.194. The predicted molar refractivity (Wildman–Crippen MR) is 175 cm³/mol. The van der Waals surface area contributed by atoms with Gasteiger partial charge in [-0.2, -0.15) is 0 Å². The molecule has 3 heteroatoms. The van der Waals surface area contributed by atoms with E-state index >= 15 is 0 Å². The molecule has 3 aromatic carbocycles. The van der Waals surface area contributed by atoms with Crippen LogP contribution in [0.15, 0.2) is 48.5 Å². The van der Waals surface area contributed by atoms with Crippen LogP contribution in [0.25, 0.3) is 0 Å². The molecule has 0 aromatic heterocycles. The molecule has 210 valence electrons. The zero-order valence-electron chi connectivity index (χ0n) is 26.2. The van der Waals surface area contributed by atoms with E-state index in [-0.39, 0.29) is 27.3 Å². The summed E-state index contributed by atoms with van der Waals surface area (Å²) in [6.45, 7) is 17.9. The van der Waals surface area contributed by atoms with Gasteiger partial charge in [0, 0.05) is 33.6 Å². The van der Waals surface area contributed by atoms with Gasteiger partial charge in [0.1, 0.15) is 0 Å². The molecular weight excluding hydrogens is 495 g/mol. The highest BCUT2D eigenvalue weighted by Gasteiger charge is 2.64. The van der Waals surface area contributed by atoms with Crippen LogP contribution in [0.4, 0.5) is 22.7 Å². The van der Waals surface area contributed by atoms with E-state index in [2.05, 4.69) is 107 Å². The molecule has 3 aromatic rings. The third kappa shape index (κ3) is 2.54. The van der Waals surface area contributed by atoms with E-state index in [4.69, 9.17) is 0 Å². The minimum atomic E-state index is 0.0770. The van der Waals surface area contributed by atoms with E-state index in [1.165, 1.54) is 68.3 Å². The van der Waals surface area contributed by atoms with E-state index < -0.39 is 0 Å². The maximum atomic E-state index is 2.90. The molecule has 0 saturated heterocycles. The molecule has 0 N–H and O–H groups in total. The van der Waals surface area contributed by atoms with Gasteiger partial charge >= 0.3 is 0 Å². The highest BCUT2D eigenvalue weighted by molar-refractivity contribution is 7.00. The Hall–Kier alpha value is -2.68. The molecule has 2 nitrogen and oxygen atoms in total. The second-order valence-electron chi connectivity index (χ2n) is 16.4. The Morgan fingerprint density at radius 1 is 0.634 bits per heavy atom. The van der Waals surface area contributed by atoms with Gasteiger partial charge in [-0.05, 0) is 90.2 Å². The SMILES string of the molecule is CC(C)(C)c1cc2c3c(c1)N1c4c(cccc4C4(C)CCCCC14C)B3c1cccc3c1N2C1(C)CCCCC31C. The minimum absolute atomic E-state index is 0.0770. The van der Waals surface area contributed by atoms with Gasteiger partial charge in [0.05, 0.1) is 11.1 Å². The van der Waals surface area contributed by atoms with Crippen LogP contribution in [0.1, 0.15) is 117 Å². The molecule has 4 atom stereocenters. The first kappa shape index (κ1) is 24.9. The fraction of sp³-hybridized carbons (Fsp3) is 0.526. The topological polar surface area (TPSA) is 6.48 Å². The van der Waals surface area contributed by atoms with Crippen LogP contribution in [0.5, 0.6) is 0 Å². The lowest BCUT2D eigenvalue weighted by atomic mass is 9.33. The number of hydrogen-bond acceptors (Lipinski definition) is 2. The zero-order valence-corrected chi connectivity index (χ0v) is 26.2. The Kier molecular flexibility index (Phi) is 4.41. The van der Waals surface area contributed by atoms with Gasteiger partial charge in [0.2, 0.25) is 0 Å². The lowest BCUT2D eigenvalue weighted by Crippen LogP contribution is -2.66. The van der Waals surface area contributed by atoms with Crippen molar-refractivity contribution in [2.24, 2.45) is 0 Å². The van der Waals surface area contributed by atoms with E-state index in [9.17, 15) is 0 Å². The monoisotopic (exact) mass is 540 g/mol. The maximum absolute atomic E-state index is 2.90. The molecule has 4 aliphatic heterocycles. The molecular formula is C38H45BN2. The third-order valence-electron chi connectivity index (χ3n) is 13.7. The van der Waals surface area contributed by atoms with Crippen LogP contribution >= 0.6 is 0 Å². The second-order valence-corrected chi connectivity index (χ2v) is 16.4. The van der Waals surface area contributed by atoms with Crippen molar-refractivity contribution in [1.29, 1.82) is 0 Å². The first-order chi connectivity index (χ1) is 19.5. The summed E-state index contributed by atoms with van der Waals surface area (Å²) in [5, 5.41) is 0. The normalized spacial score (nSPS) is 33.7. The number of para-hydroxylation sites is 2. The fourth-order valence-electron chi connectivity index (χ4n) is 11.0. The maximum Gasteiger partial charge on any atom is 0.252 e. The van der Waals surface area contributed by atoms with Gasteiger partial charge in [-0.25, -0.2) is 0 Å². The zero-order chi connectivity index (χ0) is 28.3. The molecule has 0 bridgehead atoms. The van der Waals surface area contributed by atoms with E-state index in [1.807, 2.05) is 0 Å². The fourth-order valence-corrected chi connectivity index (χ4v) is 11.0. The van der Waals surface area contributed by atoms with E-state index in [1.54, 1.807) is 38.9 Å². The molecule has 0 spiro atoms. The summed E-state index contributed by atoms with van der Waals surface area (Å²) in [4.78, 5) is 5.80. The van der Waals surface area contributed by atoms with Crippen molar-refractivity contribution in [3.63, 3.8) is 0 Å². The number of benzene rings is 3. The molecule has 4 unspecified atom stereocenters. The van der Waals surface area contributed by atoms with Crippen LogP contribution < -0.4 is 26.2 Å². The molecule has 4 heterocycles. The Morgan fingerprint density at radius 3 is 1.51 bits per heavy atom. The molecule has 9 rings (SSSR count). The largest absolute Gasteiger partial charge is 0.335 e. The number of hydrogen-bond donors (Lipinski definition) is 0. The van der Waals surface area contributed by atoms with Crippen molar-refractivity contribution >= 4 is 45.9 Å². The molecule has 0 amide bonds. The van der Waals surface area contributed by atoms with E-state index in [0.29, 0.717) is 6.71 Å². The van der Waals surface area contributed by atoms with Gasteiger partial charge in [0.15, 0.2) is 0 Å². The first-order valence-electron chi connectivity index (χ1n) is 16.5. The van der Waals surface area contributed by atoms with E-state index in [0.717, 1.165) is 0 Å². The summed E-state index contributed by atoms with van der Waals surface area (Å²) >= 11 is 0. The molecule has 0 radical (unpaired) electrons. The summed E-state index contributed by atoms with van der Waals surface area (Å²) in [6.07, 6.45) is 10.4. The van der Waals surface area contributed by atoms with Crippen molar-refractivity contribution in [2.75, 3.05) is 9.80 Å². The van der Waals surface area contributed by atoms with Gasteiger partial charge in [-0.1, -0.05) is 96.7 Å². The van der Waals surface area contributed by atoms with Crippen molar-refractivity contribution in [2.45, 2.75) is 127 Å². The average molecular weight is 541 g/mol. The van der Waals surface area contributed by atoms with Crippen LogP contribution in [0.2, 0.25) is 0 Å². The molecule has 2 fully saturated rings. The van der Waals surface area contributed by atoms with Gasteiger partial charge in [-0.3, -0.25) is 0 Å². The van der Waals surface area contributed by atoms with Crippen LogP contribution in [0, 0.1) is 0 Å². The highest BCUT2D eigenvalue weighted by atomic mass is 15.3. The lowest BCUT2D eigenvalue weighted by Gasteiger charge is -2.55. The Balaban J connectivity index is 1.45. The number of anilines is 4. The van der Waals surface area contributed by atoms with Crippen molar-refractivity contribution in [3.05, 3.63) is 65.2 Å². The summed E-state index contributed by atoms with van der Waals surface area (Å²) in [6, 6.07) is 20.0. The highest BCUT2D eigenvalue weighted by Crippen LogP contribution is 2.64. The quantitative estimate of drug-likeness (QED) is 0.271. The Labute approximate surface area is 247 Å². The van der Waals surface area contributed by atoms with Gasteiger partial charge in [-0.15, -0.1) is 0 Å². The predicted octanol–water partition coefficient (Wildman–Crippen LogP) is 7.61. The van der Waals surface area contributed by atoms with Gasteiger partial charge in [0.25, 0.3) is 6.71 Å². The van der Waals surface area contributed by atoms with Crippen molar-refractivity contribution < 1.29 is 0 Å². The van der Waals surface area contributed by atoms with Crippen LogP contribution in [-0.4, -0.2) is 17.8 Å². The number of rotatable bonds is 0. The third-order valence-corrected chi connectivity index (χ3v) is 13.7. The molecule has 41 heavy (non-hydrogen) atoms.